The summed E-state index contributed by atoms with van der Waals surface area (Å²) in [6.45, 7) is 2.87. The van der Waals surface area contributed by atoms with Gasteiger partial charge in [-0.25, -0.2) is 9.59 Å². The van der Waals surface area contributed by atoms with Crippen LogP contribution >= 0.6 is 0 Å². The summed E-state index contributed by atoms with van der Waals surface area (Å²) in [5, 5.41) is 18.7. The minimum Gasteiger partial charge on any atom is -0.478 e. The Hall–Kier alpha value is -2.69. The molecule has 0 aliphatic carbocycles. The Kier molecular flexibility index (Phi) is 22.5. The molecule has 0 aromatic heterocycles. The van der Waals surface area contributed by atoms with E-state index in [9.17, 15) is 34.2 Å². The van der Waals surface area contributed by atoms with Crippen LogP contribution in [0.15, 0.2) is 0 Å². The van der Waals surface area contributed by atoms with Crippen molar-refractivity contribution < 1.29 is 53.1 Å². The zero-order valence-electron chi connectivity index (χ0n) is 24.5. The van der Waals surface area contributed by atoms with Gasteiger partial charge in [-0.1, -0.05) is 96.8 Å². The number of carbonyl (C=O) groups excluding carboxylic acids is 4. The molecule has 0 bridgehead atoms. The largest absolute Gasteiger partial charge is 0.478 e. The molecule has 0 aromatic rings. The summed E-state index contributed by atoms with van der Waals surface area (Å²) < 4.78 is 19.3. The number of carboxylic acid groups (broad SMARTS) is 1. The van der Waals surface area contributed by atoms with Crippen molar-refractivity contribution in [2.45, 2.75) is 142 Å². The van der Waals surface area contributed by atoms with E-state index in [1.807, 2.05) is 0 Å². The van der Waals surface area contributed by atoms with E-state index in [0.717, 1.165) is 33.1 Å². The fraction of sp³-hybridized carbons (Fsp3) is 0.828. The van der Waals surface area contributed by atoms with Crippen LogP contribution < -0.4 is 0 Å². The molecular formula is C29H50O11. The highest BCUT2D eigenvalue weighted by Gasteiger charge is 2.41. The van der Waals surface area contributed by atoms with Crippen molar-refractivity contribution >= 4 is 29.8 Å². The number of aliphatic hydroxyl groups is 1. The van der Waals surface area contributed by atoms with Gasteiger partial charge in [-0.15, -0.1) is 0 Å². The lowest BCUT2D eigenvalue weighted by Crippen LogP contribution is -2.47. The maximum Gasteiger partial charge on any atom is 0.352 e. The van der Waals surface area contributed by atoms with Crippen LogP contribution in [0.4, 0.5) is 0 Å². The minimum atomic E-state index is -2.15. The van der Waals surface area contributed by atoms with Gasteiger partial charge in [-0.05, 0) is 6.42 Å². The third-order valence-electron chi connectivity index (χ3n) is 6.24. The van der Waals surface area contributed by atoms with Crippen molar-refractivity contribution in [3.8, 4) is 0 Å². The molecular weight excluding hydrogens is 524 g/mol. The number of rotatable bonds is 25. The van der Waals surface area contributed by atoms with Crippen molar-refractivity contribution in [2.75, 3.05) is 13.2 Å². The molecule has 0 aliphatic heterocycles. The molecule has 0 saturated heterocycles. The second-order valence-electron chi connectivity index (χ2n) is 10.0. The predicted octanol–water partition coefficient (Wildman–Crippen LogP) is 4.64. The van der Waals surface area contributed by atoms with Crippen LogP contribution in [0.5, 0.6) is 0 Å². The molecule has 0 spiro atoms. The fourth-order valence-electron chi connectivity index (χ4n) is 4.09. The number of hydrogen-bond acceptors (Lipinski definition) is 10. The lowest BCUT2D eigenvalue weighted by molar-refractivity contribution is -0.193. The first-order valence-corrected chi connectivity index (χ1v) is 14.7. The molecule has 0 heterocycles. The summed E-state index contributed by atoms with van der Waals surface area (Å²) in [6, 6.07) is 0. The molecule has 0 radical (unpaired) electrons. The van der Waals surface area contributed by atoms with Gasteiger partial charge in [0.25, 0.3) is 0 Å². The van der Waals surface area contributed by atoms with Crippen LogP contribution in [0, 0.1) is 0 Å². The van der Waals surface area contributed by atoms with Gasteiger partial charge in [0.1, 0.15) is 6.61 Å². The average molecular weight is 575 g/mol. The summed E-state index contributed by atoms with van der Waals surface area (Å²) in [4.78, 5) is 58.4. The zero-order valence-corrected chi connectivity index (χ0v) is 24.5. The van der Waals surface area contributed by atoms with Gasteiger partial charge in [0.05, 0.1) is 6.61 Å². The molecule has 0 rings (SSSR count). The topological polar surface area (TPSA) is 163 Å². The zero-order chi connectivity index (χ0) is 30.2. The molecule has 0 aromatic carbocycles. The van der Waals surface area contributed by atoms with Gasteiger partial charge < -0.3 is 29.2 Å². The number of aliphatic hydroxyl groups excluding tert-OH is 1. The quantitative estimate of drug-likeness (QED) is 0.0887. The third-order valence-corrected chi connectivity index (χ3v) is 6.24. The second kappa shape index (κ2) is 24.1. The maximum atomic E-state index is 12.4. The van der Waals surface area contributed by atoms with E-state index >= 15 is 0 Å². The van der Waals surface area contributed by atoms with Gasteiger partial charge >= 0.3 is 29.8 Å². The summed E-state index contributed by atoms with van der Waals surface area (Å²) in [7, 11) is 0. The van der Waals surface area contributed by atoms with Crippen LogP contribution in [0.2, 0.25) is 0 Å². The number of ether oxygens (including phenoxy) is 4. The molecule has 2 N–H and O–H groups in total. The average Bonchev–Trinajstić information content (AvgIpc) is 2.90. The van der Waals surface area contributed by atoms with E-state index < -0.39 is 61.4 Å². The second-order valence-corrected chi connectivity index (χ2v) is 10.0. The molecule has 0 unspecified atom stereocenters. The standard InChI is InChI=1S/C29H50O11/c1-4-5-6-7-8-9-10-11-12-13-14-15-16-17-18-19-25(33)37-21-24(20-30)40-29(36)27(39-23(3)32)26(28(34)35)38-22(2)31/h24,26-27,30H,4-21H2,1-3H3,(H,34,35)/t24-,26+,27-/m1/s1. The van der Waals surface area contributed by atoms with Crippen LogP contribution in [0.1, 0.15) is 124 Å². The first-order valence-electron chi connectivity index (χ1n) is 14.7. The van der Waals surface area contributed by atoms with Crippen LogP contribution in [-0.4, -0.2) is 71.6 Å². The van der Waals surface area contributed by atoms with Crippen molar-refractivity contribution in [1.82, 2.24) is 0 Å². The number of aliphatic carboxylic acids is 1. The highest BCUT2D eigenvalue weighted by atomic mass is 16.6. The van der Waals surface area contributed by atoms with Crippen LogP contribution in [0.25, 0.3) is 0 Å². The van der Waals surface area contributed by atoms with E-state index in [2.05, 4.69) is 16.4 Å². The van der Waals surface area contributed by atoms with E-state index in [1.54, 1.807) is 0 Å². The van der Waals surface area contributed by atoms with Crippen molar-refractivity contribution in [2.24, 2.45) is 0 Å². The Labute approximate surface area is 238 Å². The number of hydrogen-bond donors (Lipinski definition) is 2. The Balaban J connectivity index is 4.15. The van der Waals surface area contributed by atoms with E-state index in [-0.39, 0.29) is 6.42 Å². The van der Waals surface area contributed by atoms with Crippen LogP contribution in [-0.2, 0) is 42.9 Å². The number of carboxylic acids is 1. The maximum absolute atomic E-state index is 12.4. The molecule has 40 heavy (non-hydrogen) atoms. The van der Waals surface area contributed by atoms with Crippen molar-refractivity contribution in [3.05, 3.63) is 0 Å². The Morgan fingerprint density at radius 2 is 1.05 bits per heavy atom. The highest BCUT2D eigenvalue weighted by Crippen LogP contribution is 2.14. The predicted molar refractivity (Wildman–Crippen MR) is 146 cm³/mol. The van der Waals surface area contributed by atoms with Crippen molar-refractivity contribution in [3.63, 3.8) is 0 Å². The number of carbonyl (C=O) groups is 5. The summed E-state index contributed by atoms with van der Waals surface area (Å²) in [6.07, 6.45) is 12.7. The molecule has 232 valence electrons. The molecule has 0 fully saturated rings. The fourth-order valence-corrected chi connectivity index (χ4v) is 4.09. The Morgan fingerprint density at radius 3 is 1.45 bits per heavy atom. The van der Waals surface area contributed by atoms with E-state index in [0.29, 0.717) is 6.42 Å². The normalized spacial score (nSPS) is 13.1. The summed E-state index contributed by atoms with van der Waals surface area (Å²) in [5.74, 6) is -5.68. The van der Waals surface area contributed by atoms with Gasteiger partial charge in [-0.2, -0.15) is 0 Å². The lowest BCUT2D eigenvalue weighted by Gasteiger charge is -2.24. The molecule has 0 aliphatic rings. The SMILES string of the molecule is CCCCCCCCCCCCCCCCCC(=O)OC[C@@H](CO)OC(=O)[C@H](OC(C)=O)[C@H](OC(C)=O)C(=O)O. The monoisotopic (exact) mass is 574 g/mol. The number of unbranched alkanes of at least 4 members (excludes halogenated alkanes) is 14. The minimum absolute atomic E-state index is 0.175. The lowest BCUT2D eigenvalue weighted by atomic mass is 10.0. The van der Waals surface area contributed by atoms with Crippen molar-refractivity contribution in [1.29, 1.82) is 0 Å². The molecule has 11 nitrogen and oxygen atoms in total. The smallest absolute Gasteiger partial charge is 0.352 e. The first-order chi connectivity index (χ1) is 19.1. The van der Waals surface area contributed by atoms with Gasteiger partial charge in [-0.3, -0.25) is 14.4 Å². The van der Waals surface area contributed by atoms with E-state index in [4.69, 9.17) is 9.47 Å². The van der Waals surface area contributed by atoms with Crippen LogP contribution in [0.3, 0.4) is 0 Å². The first kappa shape index (κ1) is 37.3. The van der Waals surface area contributed by atoms with Gasteiger partial charge in [0.15, 0.2) is 6.10 Å². The summed E-state index contributed by atoms with van der Waals surface area (Å²) >= 11 is 0. The third kappa shape index (κ3) is 20.2. The Bertz CT molecular complexity index is 737. The van der Waals surface area contributed by atoms with Gasteiger partial charge in [0, 0.05) is 20.3 Å². The number of esters is 4. The Morgan fingerprint density at radius 1 is 0.625 bits per heavy atom. The summed E-state index contributed by atoms with van der Waals surface area (Å²) in [5.41, 5.74) is 0. The van der Waals surface area contributed by atoms with Gasteiger partial charge in [0.2, 0.25) is 12.2 Å². The molecule has 3 atom stereocenters. The molecule has 11 heteroatoms. The molecule has 0 amide bonds. The molecule has 0 saturated carbocycles. The van der Waals surface area contributed by atoms with E-state index in [1.165, 1.54) is 70.6 Å². The highest BCUT2D eigenvalue weighted by molar-refractivity contribution is 5.88.